The number of fused-ring (bicyclic) bond motifs is 1. The summed E-state index contributed by atoms with van der Waals surface area (Å²) < 4.78 is 5.28. The number of aryl methyl sites for hydroxylation is 1. The Morgan fingerprint density at radius 3 is 2.93 bits per heavy atom. The van der Waals surface area contributed by atoms with Crippen molar-refractivity contribution in [2.45, 2.75) is 13.0 Å². The van der Waals surface area contributed by atoms with Crippen molar-refractivity contribution in [3.8, 4) is 5.75 Å². The van der Waals surface area contributed by atoms with E-state index in [4.69, 9.17) is 9.84 Å². The van der Waals surface area contributed by atoms with E-state index in [9.17, 15) is 9.90 Å². The number of hydrogen-bond acceptors (Lipinski definition) is 3. The number of hydrogen-bond donors (Lipinski definition) is 2. The first-order valence-electron chi connectivity index (χ1n) is 4.74. The molecule has 2 atom stereocenters. The molecule has 0 saturated carbocycles. The Morgan fingerprint density at radius 2 is 2.27 bits per heavy atom. The number of aliphatic hydroxyl groups excluding tert-OH is 1. The molecule has 0 spiro atoms. The van der Waals surface area contributed by atoms with Crippen molar-refractivity contribution in [3.63, 3.8) is 0 Å². The normalized spacial score (nSPS) is 24.1. The fourth-order valence-corrected chi connectivity index (χ4v) is 1.72. The van der Waals surface area contributed by atoms with Gasteiger partial charge in [-0.1, -0.05) is 11.6 Å². The van der Waals surface area contributed by atoms with Crippen molar-refractivity contribution in [2.24, 2.45) is 5.92 Å². The maximum absolute atomic E-state index is 10.8. The van der Waals surface area contributed by atoms with Crippen LogP contribution in [0.5, 0.6) is 5.75 Å². The minimum Gasteiger partial charge on any atom is -0.492 e. The second-order valence-corrected chi connectivity index (χ2v) is 3.74. The highest BCUT2D eigenvalue weighted by Crippen LogP contribution is 2.35. The standard InChI is InChI=1S/C11H12O4/c1-6-2-3-9-7(4-6)10(12)8(5-15-9)11(13)14/h2-4,8,10,12H,5H2,1H3,(H,13,14). The van der Waals surface area contributed by atoms with Gasteiger partial charge in [0.1, 0.15) is 18.3 Å². The van der Waals surface area contributed by atoms with Crippen molar-refractivity contribution in [2.75, 3.05) is 6.61 Å². The summed E-state index contributed by atoms with van der Waals surface area (Å²) in [5, 5.41) is 18.7. The first kappa shape index (κ1) is 9.98. The molecule has 0 bridgehead atoms. The lowest BCUT2D eigenvalue weighted by Gasteiger charge is -2.27. The lowest BCUT2D eigenvalue weighted by atomic mass is 9.92. The topological polar surface area (TPSA) is 66.8 Å². The summed E-state index contributed by atoms with van der Waals surface area (Å²) in [6.07, 6.45) is -0.980. The summed E-state index contributed by atoms with van der Waals surface area (Å²) in [7, 11) is 0. The van der Waals surface area contributed by atoms with Gasteiger partial charge in [0.05, 0.1) is 6.10 Å². The van der Waals surface area contributed by atoms with Gasteiger partial charge in [-0.05, 0) is 19.1 Å². The van der Waals surface area contributed by atoms with E-state index in [1.807, 2.05) is 13.0 Å². The molecule has 0 fully saturated rings. The summed E-state index contributed by atoms with van der Waals surface area (Å²) in [5.74, 6) is -1.33. The molecular formula is C11H12O4. The first-order chi connectivity index (χ1) is 7.09. The van der Waals surface area contributed by atoms with Gasteiger partial charge in [0.25, 0.3) is 0 Å². The largest absolute Gasteiger partial charge is 0.492 e. The monoisotopic (exact) mass is 208 g/mol. The minimum absolute atomic E-state index is 0.0204. The van der Waals surface area contributed by atoms with Gasteiger partial charge >= 0.3 is 5.97 Å². The third-order valence-electron chi connectivity index (χ3n) is 2.60. The van der Waals surface area contributed by atoms with Crippen LogP contribution in [-0.2, 0) is 4.79 Å². The number of carboxylic acid groups (broad SMARTS) is 1. The lowest BCUT2D eigenvalue weighted by molar-refractivity contribution is -0.148. The van der Waals surface area contributed by atoms with Crippen molar-refractivity contribution in [3.05, 3.63) is 29.3 Å². The average Bonchev–Trinajstić information content (AvgIpc) is 2.19. The number of rotatable bonds is 1. The van der Waals surface area contributed by atoms with E-state index >= 15 is 0 Å². The first-order valence-corrected chi connectivity index (χ1v) is 4.74. The van der Waals surface area contributed by atoms with E-state index in [2.05, 4.69) is 0 Å². The van der Waals surface area contributed by atoms with Crippen molar-refractivity contribution < 1.29 is 19.7 Å². The predicted octanol–water partition coefficient (Wildman–Crippen LogP) is 1.12. The molecule has 0 radical (unpaired) electrons. The Morgan fingerprint density at radius 1 is 1.53 bits per heavy atom. The molecule has 2 rings (SSSR count). The zero-order chi connectivity index (χ0) is 11.0. The molecule has 0 aromatic heterocycles. The van der Waals surface area contributed by atoms with Crippen LogP contribution in [0.4, 0.5) is 0 Å². The molecule has 0 amide bonds. The molecule has 1 aromatic rings. The smallest absolute Gasteiger partial charge is 0.313 e. The molecule has 15 heavy (non-hydrogen) atoms. The molecule has 0 saturated heterocycles. The third-order valence-corrected chi connectivity index (χ3v) is 2.60. The number of carboxylic acids is 1. The SMILES string of the molecule is Cc1ccc2c(c1)C(O)C(C(=O)O)CO2. The zero-order valence-electron chi connectivity index (χ0n) is 8.30. The molecule has 0 aliphatic carbocycles. The van der Waals surface area contributed by atoms with Gasteiger partial charge in [0.2, 0.25) is 0 Å². The van der Waals surface area contributed by atoms with Crippen molar-refractivity contribution in [1.82, 2.24) is 0 Å². The second kappa shape index (κ2) is 3.55. The molecule has 2 N–H and O–H groups in total. The van der Waals surface area contributed by atoms with Gasteiger partial charge in [-0.2, -0.15) is 0 Å². The van der Waals surface area contributed by atoms with Crippen LogP contribution in [0, 0.1) is 12.8 Å². The number of ether oxygens (including phenoxy) is 1. The Bertz CT molecular complexity index is 400. The van der Waals surface area contributed by atoms with E-state index in [0.29, 0.717) is 11.3 Å². The molecule has 2 unspecified atom stereocenters. The Kier molecular flexibility index (Phi) is 2.36. The summed E-state index contributed by atoms with van der Waals surface area (Å²) in [6.45, 7) is 1.91. The summed E-state index contributed by atoms with van der Waals surface area (Å²) in [4.78, 5) is 10.8. The molecule has 1 aliphatic heterocycles. The van der Waals surface area contributed by atoms with Gasteiger partial charge in [-0.3, -0.25) is 4.79 Å². The van der Waals surface area contributed by atoms with E-state index in [-0.39, 0.29) is 6.61 Å². The Balaban J connectivity index is 2.40. The number of aliphatic hydroxyl groups is 1. The van der Waals surface area contributed by atoms with Crippen LogP contribution < -0.4 is 4.74 Å². The highest BCUT2D eigenvalue weighted by molar-refractivity contribution is 5.72. The Hall–Kier alpha value is -1.55. The fraction of sp³-hybridized carbons (Fsp3) is 0.364. The zero-order valence-corrected chi connectivity index (χ0v) is 8.30. The number of benzene rings is 1. The lowest BCUT2D eigenvalue weighted by Crippen LogP contribution is -2.32. The van der Waals surface area contributed by atoms with E-state index in [1.54, 1.807) is 12.1 Å². The Labute approximate surface area is 87.1 Å². The minimum atomic E-state index is -1.03. The van der Waals surface area contributed by atoms with Gasteiger partial charge in [-0.15, -0.1) is 0 Å². The van der Waals surface area contributed by atoms with Crippen LogP contribution in [0.3, 0.4) is 0 Å². The fourth-order valence-electron chi connectivity index (χ4n) is 1.72. The van der Waals surface area contributed by atoms with Crippen LogP contribution in [0.1, 0.15) is 17.2 Å². The summed E-state index contributed by atoms with van der Waals surface area (Å²) in [5.41, 5.74) is 1.54. The summed E-state index contributed by atoms with van der Waals surface area (Å²) in [6, 6.07) is 5.38. The maximum atomic E-state index is 10.8. The van der Waals surface area contributed by atoms with Gasteiger partial charge in [0, 0.05) is 5.56 Å². The molecule has 4 heteroatoms. The number of carbonyl (C=O) groups is 1. The highest BCUT2D eigenvalue weighted by atomic mass is 16.5. The second-order valence-electron chi connectivity index (χ2n) is 3.74. The highest BCUT2D eigenvalue weighted by Gasteiger charge is 2.34. The van der Waals surface area contributed by atoms with E-state index in [0.717, 1.165) is 5.56 Å². The molecular weight excluding hydrogens is 196 g/mol. The van der Waals surface area contributed by atoms with E-state index < -0.39 is 18.0 Å². The van der Waals surface area contributed by atoms with Gasteiger partial charge in [-0.25, -0.2) is 0 Å². The average molecular weight is 208 g/mol. The quantitative estimate of drug-likeness (QED) is 0.725. The van der Waals surface area contributed by atoms with Gasteiger partial charge in [0.15, 0.2) is 0 Å². The molecule has 4 nitrogen and oxygen atoms in total. The van der Waals surface area contributed by atoms with E-state index in [1.165, 1.54) is 0 Å². The molecule has 1 heterocycles. The molecule has 1 aliphatic rings. The molecule has 1 aromatic carbocycles. The predicted molar refractivity (Wildman–Crippen MR) is 52.8 cm³/mol. The van der Waals surface area contributed by atoms with Gasteiger partial charge < -0.3 is 14.9 Å². The maximum Gasteiger partial charge on any atom is 0.313 e. The van der Waals surface area contributed by atoms with Crippen LogP contribution in [0.25, 0.3) is 0 Å². The van der Waals surface area contributed by atoms with Crippen LogP contribution in [0.2, 0.25) is 0 Å². The van der Waals surface area contributed by atoms with Crippen molar-refractivity contribution >= 4 is 5.97 Å². The van der Waals surface area contributed by atoms with Crippen LogP contribution in [0.15, 0.2) is 18.2 Å². The summed E-state index contributed by atoms with van der Waals surface area (Å²) >= 11 is 0. The molecule has 80 valence electrons. The van der Waals surface area contributed by atoms with Crippen molar-refractivity contribution in [1.29, 1.82) is 0 Å². The van der Waals surface area contributed by atoms with Crippen LogP contribution >= 0.6 is 0 Å². The third kappa shape index (κ3) is 1.68. The van der Waals surface area contributed by atoms with Crippen LogP contribution in [-0.4, -0.2) is 22.8 Å². The number of aliphatic carboxylic acids is 1.